The number of phenolic OH excluding ortho intramolecular Hbond substituents is 1. The van der Waals surface area contributed by atoms with Crippen molar-refractivity contribution in [1.29, 1.82) is 0 Å². The van der Waals surface area contributed by atoms with Gasteiger partial charge in [0.2, 0.25) is 0 Å². The zero-order chi connectivity index (χ0) is 18.4. The summed E-state index contributed by atoms with van der Waals surface area (Å²) in [5.41, 5.74) is -0.185. The summed E-state index contributed by atoms with van der Waals surface area (Å²) in [6.45, 7) is -0.924. The molecule has 0 aliphatic heterocycles. The second-order valence-electron chi connectivity index (χ2n) is 4.77. The number of ether oxygens (including phenoxy) is 2. The maximum Gasteiger partial charge on any atom is 0.345 e. The molecule has 0 heterocycles. The summed E-state index contributed by atoms with van der Waals surface area (Å²) in [5, 5.41) is 55.7. The van der Waals surface area contributed by atoms with Crippen molar-refractivity contribution in [2.24, 2.45) is 0 Å². The Kier molecular flexibility index (Phi) is 7.07. The predicted molar refractivity (Wildman–Crippen MR) is 76.2 cm³/mol. The van der Waals surface area contributed by atoms with Gasteiger partial charge in [-0.25, -0.2) is 9.59 Å². The van der Waals surface area contributed by atoms with Gasteiger partial charge in [-0.05, 0) is 18.2 Å². The van der Waals surface area contributed by atoms with Crippen LogP contribution in [0.4, 0.5) is 0 Å². The lowest BCUT2D eigenvalue weighted by molar-refractivity contribution is -0.164. The first-order valence-corrected chi connectivity index (χ1v) is 6.69. The second-order valence-corrected chi connectivity index (χ2v) is 4.77. The average molecular weight is 346 g/mol. The predicted octanol–water partition coefficient (Wildman–Crippen LogP) is -2.48. The Bertz CT molecular complexity index is 587. The summed E-state index contributed by atoms with van der Waals surface area (Å²) >= 11 is 0. The SMILES string of the molecule is COc1cc(C(=O)OC(=O)[C@H](O)[C@@H](O)[C@H](O)[C@H](O)CO)ccc1O. The van der Waals surface area contributed by atoms with Crippen LogP contribution in [-0.4, -0.2) is 80.7 Å². The minimum Gasteiger partial charge on any atom is -0.504 e. The number of aliphatic hydroxyl groups is 5. The molecule has 0 aliphatic rings. The fourth-order valence-electron chi connectivity index (χ4n) is 1.68. The lowest BCUT2D eigenvalue weighted by Gasteiger charge is -2.24. The molecule has 6 N–H and O–H groups in total. The van der Waals surface area contributed by atoms with Crippen LogP contribution >= 0.6 is 0 Å². The zero-order valence-electron chi connectivity index (χ0n) is 12.6. The lowest BCUT2D eigenvalue weighted by Crippen LogP contribution is -2.49. The third-order valence-electron chi connectivity index (χ3n) is 3.10. The summed E-state index contributed by atoms with van der Waals surface area (Å²) < 4.78 is 9.12. The molecule has 4 atom stereocenters. The molecule has 1 rings (SSSR count). The number of esters is 2. The zero-order valence-corrected chi connectivity index (χ0v) is 12.6. The summed E-state index contributed by atoms with van der Waals surface area (Å²) in [7, 11) is 1.24. The monoisotopic (exact) mass is 346 g/mol. The number of benzene rings is 1. The first kappa shape index (κ1) is 19.8. The van der Waals surface area contributed by atoms with Crippen LogP contribution in [0.25, 0.3) is 0 Å². The van der Waals surface area contributed by atoms with Gasteiger partial charge in [-0.3, -0.25) is 0 Å². The maximum absolute atomic E-state index is 11.8. The van der Waals surface area contributed by atoms with Gasteiger partial charge >= 0.3 is 11.9 Å². The Morgan fingerprint density at radius 1 is 1.12 bits per heavy atom. The van der Waals surface area contributed by atoms with E-state index in [1.165, 1.54) is 7.11 Å². The van der Waals surface area contributed by atoms with Crippen LogP contribution in [0.5, 0.6) is 11.5 Å². The van der Waals surface area contributed by atoms with Crippen LogP contribution < -0.4 is 4.74 Å². The Morgan fingerprint density at radius 3 is 2.29 bits per heavy atom. The number of hydrogen-bond donors (Lipinski definition) is 6. The van der Waals surface area contributed by atoms with Gasteiger partial charge in [0, 0.05) is 0 Å². The van der Waals surface area contributed by atoms with E-state index in [4.69, 9.17) is 14.9 Å². The molecule has 0 spiro atoms. The summed E-state index contributed by atoms with van der Waals surface area (Å²) in [4.78, 5) is 23.4. The van der Waals surface area contributed by atoms with E-state index >= 15 is 0 Å². The van der Waals surface area contributed by atoms with Crippen LogP contribution in [0.1, 0.15) is 10.4 Å². The van der Waals surface area contributed by atoms with Crippen LogP contribution in [0, 0.1) is 0 Å². The molecule has 0 saturated carbocycles. The number of methoxy groups -OCH3 is 1. The molecule has 0 radical (unpaired) electrons. The van der Waals surface area contributed by atoms with Gasteiger partial charge in [0.1, 0.15) is 18.3 Å². The molecule has 0 saturated heterocycles. The Balaban J connectivity index is 2.77. The van der Waals surface area contributed by atoms with Crippen LogP contribution in [0.2, 0.25) is 0 Å². The summed E-state index contributed by atoms with van der Waals surface area (Å²) in [6, 6.07) is 3.32. The third-order valence-corrected chi connectivity index (χ3v) is 3.10. The molecular weight excluding hydrogens is 328 g/mol. The fraction of sp³-hybridized carbons (Fsp3) is 0.429. The Morgan fingerprint density at radius 2 is 1.75 bits per heavy atom. The quantitative estimate of drug-likeness (QED) is 0.229. The smallest absolute Gasteiger partial charge is 0.345 e. The Hall–Kier alpha value is -2.24. The first-order valence-electron chi connectivity index (χ1n) is 6.69. The van der Waals surface area contributed by atoms with Crippen molar-refractivity contribution >= 4 is 11.9 Å². The van der Waals surface area contributed by atoms with Gasteiger partial charge < -0.3 is 40.1 Å². The van der Waals surface area contributed by atoms with Crippen molar-refractivity contribution < 1.29 is 49.7 Å². The number of hydrogen-bond acceptors (Lipinski definition) is 10. The Labute approximate surface area is 136 Å². The van der Waals surface area contributed by atoms with Gasteiger partial charge in [-0.1, -0.05) is 0 Å². The molecule has 1 aromatic carbocycles. The first-order chi connectivity index (χ1) is 11.2. The van der Waals surface area contributed by atoms with Crippen molar-refractivity contribution in [2.75, 3.05) is 13.7 Å². The topological polar surface area (TPSA) is 174 Å². The molecule has 0 amide bonds. The van der Waals surface area contributed by atoms with E-state index in [2.05, 4.69) is 4.74 Å². The lowest BCUT2D eigenvalue weighted by atomic mass is 10.0. The highest BCUT2D eigenvalue weighted by molar-refractivity contribution is 5.98. The van der Waals surface area contributed by atoms with Gasteiger partial charge in [-0.2, -0.15) is 0 Å². The van der Waals surface area contributed by atoms with Gasteiger partial charge in [0.15, 0.2) is 17.6 Å². The number of aromatic hydroxyl groups is 1. The minimum atomic E-state index is -2.34. The van der Waals surface area contributed by atoms with Crippen LogP contribution in [0.3, 0.4) is 0 Å². The molecule has 10 nitrogen and oxygen atoms in total. The van der Waals surface area contributed by atoms with E-state index in [9.17, 15) is 30.0 Å². The fourth-order valence-corrected chi connectivity index (χ4v) is 1.68. The number of carbonyl (C=O) groups excluding carboxylic acids is 2. The molecule has 0 unspecified atom stereocenters. The molecule has 0 fully saturated rings. The normalized spacial score (nSPS) is 15.9. The highest BCUT2D eigenvalue weighted by atomic mass is 16.6. The van der Waals surface area contributed by atoms with E-state index in [-0.39, 0.29) is 17.1 Å². The largest absolute Gasteiger partial charge is 0.504 e. The highest BCUT2D eigenvalue weighted by Gasteiger charge is 2.36. The molecule has 0 bridgehead atoms. The van der Waals surface area contributed by atoms with Crippen molar-refractivity contribution in [3.8, 4) is 11.5 Å². The van der Waals surface area contributed by atoms with Crippen molar-refractivity contribution in [3.63, 3.8) is 0 Å². The number of rotatable bonds is 7. The van der Waals surface area contributed by atoms with E-state index in [0.29, 0.717) is 0 Å². The van der Waals surface area contributed by atoms with Gasteiger partial charge in [0.05, 0.1) is 19.3 Å². The van der Waals surface area contributed by atoms with E-state index in [1.807, 2.05) is 0 Å². The van der Waals surface area contributed by atoms with Crippen molar-refractivity contribution in [1.82, 2.24) is 0 Å². The van der Waals surface area contributed by atoms with Gasteiger partial charge in [-0.15, -0.1) is 0 Å². The third kappa shape index (κ3) is 4.63. The van der Waals surface area contributed by atoms with Crippen molar-refractivity contribution in [2.45, 2.75) is 24.4 Å². The maximum atomic E-state index is 11.8. The highest BCUT2D eigenvalue weighted by Crippen LogP contribution is 2.26. The van der Waals surface area contributed by atoms with Crippen molar-refractivity contribution in [3.05, 3.63) is 23.8 Å². The minimum absolute atomic E-state index is 0.0565. The van der Waals surface area contributed by atoms with Crippen LogP contribution in [-0.2, 0) is 9.53 Å². The number of phenols is 1. The molecule has 0 aliphatic carbocycles. The summed E-state index contributed by atoms with van der Waals surface area (Å²) in [5.74, 6) is -3.10. The molecule has 10 heteroatoms. The van der Waals surface area contributed by atoms with E-state index in [0.717, 1.165) is 18.2 Å². The van der Waals surface area contributed by atoms with Crippen LogP contribution in [0.15, 0.2) is 18.2 Å². The molecule has 1 aromatic rings. The molecule has 0 aromatic heterocycles. The molecule has 24 heavy (non-hydrogen) atoms. The number of carbonyl (C=O) groups is 2. The van der Waals surface area contributed by atoms with E-state index in [1.54, 1.807) is 0 Å². The molecular formula is C14H18O10. The molecule has 134 valence electrons. The van der Waals surface area contributed by atoms with E-state index < -0.39 is 43.0 Å². The standard InChI is InChI=1S/C14H18O10/c1-23-9-4-6(2-3-7(9)16)13(21)24-14(22)12(20)11(19)10(18)8(17)5-15/h2-4,8,10-12,15-20H,5H2,1H3/t8-,10-,11+,12-/m1/s1. The average Bonchev–Trinajstić information content (AvgIpc) is 2.59. The second kappa shape index (κ2) is 8.57. The number of aliphatic hydroxyl groups excluding tert-OH is 5. The summed E-state index contributed by atoms with van der Waals surface area (Å²) in [6.07, 6.45) is -8.38. The van der Waals surface area contributed by atoms with Gasteiger partial charge in [0.25, 0.3) is 0 Å².